The van der Waals surface area contributed by atoms with Gasteiger partial charge in [0.15, 0.2) is 5.78 Å². The standard InChI is InChI=1S/C22H23FN2O4/c1-2-14-7-8-18(29-12-11-26)19(20(14)23)21(27)15-3-5-16(6-4-15)22(28)25-17-9-10-24-13-17/h2-8,17,24,26H,1,9-13H2,(H,25,28)/t17-/m0/s1. The molecule has 0 bridgehead atoms. The van der Waals surface area contributed by atoms with Crippen molar-refractivity contribution in [3.8, 4) is 5.75 Å². The van der Waals surface area contributed by atoms with Crippen LogP contribution in [0, 0.1) is 5.82 Å². The van der Waals surface area contributed by atoms with Crippen molar-refractivity contribution in [2.45, 2.75) is 12.5 Å². The summed E-state index contributed by atoms with van der Waals surface area (Å²) in [6.45, 7) is 4.82. The molecule has 29 heavy (non-hydrogen) atoms. The van der Waals surface area contributed by atoms with Crippen LogP contribution < -0.4 is 15.4 Å². The fraction of sp³-hybridized carbons (Fsp3) is 0.273. The molecule has 152 valence electrons. The van der Waals surface area contributed by atoms with E-state index in [9.17, 15) is 14.0 Å². The van der Waals surface area contributed by atoms with E-state index in [0.29, 0.717) is 5.56 Å². The van der Waals surface area contributed by atoms with Gasteiger partial charge < -0.3 is 20.5 Å². The van der Waals surface area contributed by atoms with Crippen LogP contribution in [0.15, 0.2) is 43.0 Å². The van der Waals surface area contributed by atoms with Gasteiger partial charge in [-0.1, -0.05) is 24.8 Å². The quantitative estimate of drug-likeness (QED) is 0.593. The van der Waals surface area contributed by atoms with Gasteiger partial charge in [-0.15, -0.1) is 0 Å². The van der Waals surface area contributed by atoms with E-state index in [4.69, 9.17) is 9.84 Å². The van der Waals surface area contributed by atoms with Crippen molar-refractivity contribution < 1.29 is 23.8 Å². The maximum atomic E-state index is 14.8. The number of nitrogens with one attached hydrogen (secondary N) is 2. The molecule has 0 spiro atoms. The van der Waals surface area contributed by atoms with Crippen molar-refractivity contribution >= 4 is 17.8 Å². The highest BCUT2D eigenvalue weighted by Gasteiger charge is 2.23. The van der Waals surface area contributed by atoms with Gasteiger partial charge in [0.05, 0.1) is 6.61 Å². The molecule has 3 rings (SSSR count). The number of benzene rings is 2. The fourth-order valence-electron chi connectivity index (χ4n) is 3.18. The third-order valence-electron chi connectivity index (χ3n) is 4.73. The topological polar surface area (TPSA) is 87.7 Å². The number of aliphatic hydroxyl groups is 1. The van der Waals surface area contributed by atoms with E-state index in [1.165, 1.54) is 42.5 Å². The Labute approximate surface area is 168 Å². The zero-order valence-corrected chi connectivity index (χ0v) is 15.9. The van der Waals surface area contributed by atoms with Gasteiger partial charge in [-0.2, -0.15) is 0 Å². The first-order chi connectivity index (χ1) is 14.0. The first-order valence-electron chi connectivity index (χ1n) is 9.40. The third kappa shape index (κ3) is 4.70. The first kappa shape index (κ1) is 20.7. The molecule has 2 aromatic rings. The molecule has 3 N–H and O–H groups in total. The Morgan fingerprint density at radius 3 is 2.59 bits per heavy atom. The SMILES string of the molecule is C=Cc1ccc(OCCO)c(C(=O)c2ccc(C(=O)N[C@H]3CCNC3)cc2)c1F. The van der Waals surface area contributed by atoms with Crippen molar-refractivity contribution in [3.63, 3.8) is 0 Å². The minimum atomic E-state index is -0.740. The molecule has 0 radical (unpaired) electrons. The zero-order chi connectivity index (χ0) is 20.8. The molecule has 1 fully saturated rings. The largest absolute Gasteiger partial charge is 0.490 e. The van der Waals surface area contributed by atoms with Gasteiger partial charge in [-0.25, -0.2) is 4.39 Å². The Morgan fingerprint density at radius 1 is 1.24 bits per heavy atom. The van der Waals surface area contributed by atoms with Gasteiger partial charge >= 0.3 is 0 Å². The number of aliphatic hydroxyl groups excluding tert-OH is 1. The molecule has 1 heterocycles. The van der Waals surface area contributed by atoms with Crippen LogP contribution in [-0.2, 0) is 0 Å². The molecule has 1 aliphatic rings. The van der Waals surface area contributed by atoms with Gasteiger partial charge in [0.1, 0.15) is 23.7 Å². The Kier molecular flexibility index (Phi) is 6.74. The second kappa shape index (κ2) is 9.45. The van der Waals surface area contributed by atoms with E-state index in [-0.39, 0.29) is 47.6 Å². The minimum absolute atomic E-state index is 0.0442. The first-order valence-corrected chi connectivity index (χ1v) is 9.40. The van der Waals surface area contributed by atoms with Crippen molar-refractivity contribution in [2.24, 2.45) is 0 Å². The molecule has 6 nitrogen and oxygen atoms in total. The normalized spacial score (nSPS) is 15.7. The Balaban J connectivity index is 1.84. The maximum absolute atomic E-state index is 14.8. The van der Waals surface area contributed by atoms with Crippen molar-refractivity contribution in [2.75, 3.05) is 26.3 Å². The van der Waals surface area contributed by atoms with E-state index in [1.807, 2.05) is 0 Å². The van der Waals surface area contributed by atoms with Crippen molar-refractivity contribution in [3.05, 3.63) is 71.0 Å². The van der Waals surface area contributed by atoms with E-state index in [1.54, 1.807) is 0 Å². The predicted molar refractivity (Wildman–Crippen MR) is 108 cm³/mol. The Bertz CT molecular complexity index is 906. The number of hydrogen-bond donors (Lipinski definition) is 3. The average Bonchev–Trinajstić information content (AvgIpc) is 3.25. The molecule has 1 aliphatic heterocycles. The number of ether oxygens (including phenoxy) is 1. The second-order valence-electron chi connectivity index (χ2n) is 6.69. The Hall–Kier alpha value is -3.03. The summed E-state index contributed by atoms with van der Waals surface area (Å²) in [6, 6.07) is 9.06. The lowest BCUT2D eigenvalue weighted by atomic mass is 9.98. The van der Waals surface area contributed by atoms with Crippen molar-refractivity contribution in [1.82, 2.24) is 10.6 Å². The lowest BCUT2D eigenvalue weighted by Gasteiger charge is -2.13. The average molecular weight is 398 g/mol. The summed E-state index contributed by atoms with van der Waals surface area (Å²) >= 11 is 0. The molecule has 1 amide bonds. The lowest BCUT2D eigenvalue weighted by molar-refractivity contribution is 0.0938. The highest BCUT2D eigenvalue weighted by molar-refractivity contribution is 6.11. The number of ketones is 1. The fourth-order valence-corrected chi connectivity index (χ4v) is 3.18. The predicted octanol–water partition coefficient (Wildman–Crippen LogP) is 2.16. The van der Waals surface area contributed by atoms with Crippen LogP contribution in [0.2, 0.25) is 0 Å². The number of amides is 1. The van der Waals surface area contributed by atoms with Crippen molar-refractivity contribution in [1.29, 1.82) is 0 Å². The summed E-state index contributed by atoms with van der Waals surface area (Å²) < 4.78 is 20.2. The smallest absolute Gasteiger partial charge is 0.251 e. The monoisotopic (exact) mass is 398 g/mol. The van der Waals surface area contributed by atoms with Crippen LogP contribution in [0.25, 0.3) is 6.08 Å². The molecule has 0 unspecified atom stereocenters. The molecular weight excluding hydrogens is 375 g/mol. The van der Waals surface area contributed by atoms with Crippen LogP contribution in [-0.4, -0.2) is 49.1 Å². The van der Waals surface area contributed by atoms with E-state index in [2.05, 4.69) is 17.2 Å². The number of carbonyl (C=O) groups is 2. The van der Waals surface area contributed by atoms with Crippen LogP contribution in [0.3, 0.4) is 0 Å². The van der Waals surface area contributed by atoms with Crippen LogP contribution >= 0.6 is 0 Å². The molecular formula is C22H23FN2O4. The van der Waals surface area contributed by atoms with Crippen LogP contribution in [0.1, 0.15) is 38.3 Å². The second-order valence-corrected chi connectivity index (χ2v) is 6.69. The van der Waals surface area contributed by atoms with Gasteiger partial charge in [-0.3, -0.25) is 9.59 Å². The van der Waals surface area contributed by atoms with E-state index in [0.717, 1.165) is 19.5 Å². The maximum Gasteiger partial charge on any atom is 0.251 e. The van der Waals surface area contributed by atoms with Gasteiger partial charge in [0, 0.05) is 29.3 Å². The van der Waals surface area contributed by atoms with Crippen LogP contribution in [0.4, 0.5) is 4.39 Å². The molecule has 2 aromatic carbocycles. The Morgan fingerprint density at radius 2 is 1.97 bits per heavy atom. The van der Waals surface area contributed by atoms with Crippen LogP contribution in [0.5, 0.6) is 5.75 Å². The summed E-state index contributed by atoms with van der Waals surface area (Å²) in [7, 11) is 0. The van der Waals surface area contributed by atoms with E-state index >= 15 is 0 Å². The molecule has 1 saturated heterocycles. The molecule has 7 heteroatoms. The van der Waals surface area contributed by atoms with Gasteiger partial charge in [0.2, 0.25) is 0 Å². The molecule has 1 atom stereocenters. The highest BCUT2D eigenvalue weighted by atomic mass is 19.1. The molecule has 0 aliphatic carbocycles. The summed E-state index contributed by atoms with van der Waals surface area (Å²) in [5.41, 5.74) is 0.583. The number of carbonyl (C=O) groups excluding carboxylic acids is 2. The number of hydrogen-bond acceptors (Lipinski definition) is 5. The summed E-state index contributed by atoms with van der Waals surface area (Å²) in [6.07, 6.45) is 2.19. The summed E-state index contributed by atoms with van der Waals surface area (Å²) in [5.74, 6) is -1.49. The minimum Gasteiger partial charge on any atom is -0.490 e. The lowest BCUT2D eigenvalue weighted by Crippen LogP contribution is -2.36. The number of halogens is 1. The van der Waals surface area contributed by atoms with Gasteiger partial charge in [0.25, 0.3) is 5.91 Å². The third-order valence-corrected chi connectivity index (χ3v) is 4.73. The molecule has 0 saturated carbocycles. The molecule has 0 aromatic heterocycles. The highest BCUT2D eigenvalue weighted by Crippen LogP contribution is 2.28. The zero-order valence-electron chi connectivity index (χ0n) is 15.9. The summed E-state index contributed by atoms with van der Waals surface area (Å²) in [5, 5.41) is 15.1. The summed E-state index contributed by atoms with van der Waals surface area (Å²) in [4.78, 5) is 25.3. The van der Waals surface area contributed by atoms with Gasteiger partial charge in [-0.05, 0) is 37.2 Å². The van der Waals surface area contributed by atoms with E-state index < -0.39 is 11.6 Å². The number of rotatable bonds is 8.